The van der Waals surface area contributed by atoms with Gasteiger partial charge in [0.1, 0.15) is 11.5 Å². The zero-order valence-corrected chi connectivity index (χ0v) is 25.0. The minimum Gasteiger partial charge on any atom is -0.369 e. The van der Waals surface area contributed by atoms with E-state index >= 15 is 0 Å². The Bertz CT molecular complexity index is 1480. The van der Waals surface area contributed by atoms with E-state index in [1.807, 2.05) is 39.8 Å². The number of hydrogen-bond donors (Lipinski definition) is 1. The fourth-order valence-corrected chi connectivity index (χ4v) is 5.13. The minimum atomic E-state index is -1.41. The number of nitrogens with zero attached hydrogens (tertiary/aromatic N) is 5. The molecule has 4 aromatic rings. The van der Waals surface area contributed by atoms with Gasteiger partial charge in [0.15, 0.2) is 0 Å². The van der Waals surface area contributed by atoms with E-state index in [4.69, 9.17) is 0 Å². The van der Waals surface area contributed by atoms with Crippen LogP contribution in [0.25, 0.3) is 11.0 Å². The normalized spacial score (nSPS) is 14.0. The molecule has 0 amide bonds. The number of piperazine rings is 1. The lowest BCUT2D eigenvalue weighted by molar-refractivity contribution is 0.313. The summed E-state index contributed by atoms with van der Waals surface area (Å²) in [7, 11) is 0.724. The van der Waals surface area contributed by atoms with Gasteiger partial charge in [-0.1, -0.05) is 33.8 Å². The molecular weight excluding hydrogens is 527 g/mol. The van der Waals surface area contributed by atoms with Crippen LogP contribution in [0.5, 0.6) is 0 Å². The number of pyridine rings is 1. The summed E-state index contributed by atoms with van der Waals surface area (Å²) in [6.07, 6.45) is 3.11. The lowest BCUT2D eigenvalue weighted by atomic mass is 10.2. The maximum absolute atomic E-state index is 14.7. The summed E-state index contributed by atoms with van der Waals surface area (Å²) in [5.74, 6) is -0.193. The number of hydrogen-bond acceptors (Lipinski definition) is 7. The lowest BCUT2D eigenvalue weighted by Crippen LogP contribution is -2.44. The highest BCUT2D eigenvalue weighted by molar-refractivity contribution is 7.84. The molecule has 1 atom stereocenters. The van der Waals surface area contributed by atoms with Crippen LogP contribution >= 0.6 is 0 Å². The number of benzene rings is 2. The van der Waals surface area contributed by atoms with Crippen molar-refractivity contribution in [2.45, 2.75) is 39.1 Å². The van der Waals surface area contributed by atoms with Crippen molar-refractivity contribution in [2.75, 3.05) is 49.7 Å². The van der Waals surface area contributed by atoms with Crippen LogP contribution in [0.3, 0.4) is 0 Å². The average Bonchev–Trinajstić information content (AvgIpc) is 2.98. The SMILES string of the molecule is CC.CC.CN1CCN(c2ccc(Nc3ncc4ccc(=O)n(Cc5c(F)cccc5S(C)=O)c4n3)cc2)CC1. The molecule has 0 radical (unpaired) electrons. The van der Waals surface area contributed by atoms with Gasteiger partial charge in [-0.2, -0.15) is 4.98 Å². The summed E-state index contributed by atoms with van der Waals surface area (Å²) in [6.45, 7) is 12.0. The Morgan fingerprint density at radius 2 is 1.62 bits per heavy atom. The van der Waals surface area contributed by atoms with Crippen molar-refractivity contribution in [3.05, 3.63) is 82.5 Å². The molecule has 0 bridgehead atoms. The second-order valence-corrected chi connectivity index (χ2v) is 10.2. The van der Waals surface area contributed by atoms with Crippen molar-refractivity contribution in [3.63, 3.8) is 0 Å². The smallest absolute Gasteiger partial charge is 0.252 e. The summed E-state index contributed by atoms with van der Waals surface area (Å²) >= 11 is 0. The van der Waals surface area contributed by atoms with Crippen molar-refractivity contribution in [1.29, 1.82) is 0 Å². The number of nitrogens with one attached hydrogen (secondary N) is 1. The van der Waals surface area contributed by atoms with Gasteiger partial charge in [-0.15, -0.1) is 0 Å². The molecule has 1 saturated heterocycles. The minimum absolute atomic E-state index is 0.0894. The van der Waals surface area contributed by atoms with E-state index < -0.39 is 16.6 Å². The number of aromatic nitrogens is 3. The van der Waals surface area contributed by atoms with Gasteiger partial charge >= 0.3 is 0 Å². The summed E-state index contributed by atoms with van der Waals surface area (Å²) in [5, 5.41) is 3.84. The van der Waals surface area contributed by atoms with Crippen molar-refractivity contribution >= 4 is 39.2 Å². The first-order valence-electron chi connectivity index (χ1n) is 13.7. The predicted octanol–water partition coefficient (Wildman–Crippen LogP) is 5.26. The molecule has 1 aliphatic heterocycles. The van der Waals surface area contributed by atoms with Crippen LogP contribution in [-0.2, 0) is 17.3 Å². The molecule has 1 fully saturated rings. The molecule has 1 unspecified atom stereocenters. The molecule has 0 spiro atoms. The highest BCUT2D eigenvalue weighted by atomic mass is 32.2. The molecule has 1 N–H and O–H groups in total. The zero-order valence-electron chi connectivity index (χ0n) is 24.1. The fourth-order valence-electron chi connectivity index (χ4n) is 4.35. The van der Waals surface area contributed by atoms with Gasteiger partial charge in [-0.3, -0.25) is 13.6 Å². The molecule has 40 heavy (non-hydrogen) atoms. The summed E-state index contributed by atoms with van der Waals surface area (Å²) in [6, 6.07) is 15.5. The third kappa shape index (κ3) is 7.31. The van der Waals surface area contributed by atoms with Crippen LogP contribution in [0.1, 0.15) is 33.3 Å². The first-order chi connectivity index (χ1) is 19.4. The van der Waals surface area contributed by atoms with Gasteiger partial charge in [0.25, 0.3) is 5.56 Å². The van der Waals surface area contributed by atoms with E-state index in [-0.39, 0.29) is 17.7 Å². The zero-order chi connectivity index (χ0) is 29.2. The number of rotatable bonds is 6. The van der Waals surface area contributed by atoms with Crippen LogP contribution in [0.2, 0.25) is 0 Å². The number of fused-ring (bicyclic) bond motifs is 1. The Morgan fingerprint density at radius 3 is 2.27 bits per heavy atom. The van der Waals surface area contributed by atoms with E-state index in [9.17, 15) is 13.4 Å². The Kier molecular flexibility index (Phi) is 11.3. The average molecular weight is 567 g/mol. The van der Waals surface area contributed by atoms with Crippen molar-refractivity contribution in [3.8, 4) is 0 Å². The molecule has 8 nitrogen and oxygen atoms in total. The fraction of sp³-hybridized carbons (Fsp3) is 0.367. The first-order valence-corrected chi connectivity index (χ1v) is 15.2. The second kappa shape index (κ2) is 14.7. The van der Waals surface area contributed by atoms with Crippen molar-refractivity contribution < 1.29 is 8.60 Å². The van der Waals surface area contributed by atoms with Crippen molar-refractivity contribution in [1.82, 2.24) is 19.4 Å². The van der Waals surface area contributed by atoms with E-state index in [0.29, 0.717) is 21.9 Å². The van der Waals surface area contributed by atoms with E-state index in [1.165, 1.54) is 29.0 Å². The Balaban J connectivity index is 0.00000106. The highest BCUT2D eigenvalue weighted by Crippen LogP contribution is 2.23. The summed E-state index contributed by atoms with van der Waals surface area (Å²) in [4.78, 5) is 26.8. The summed E-state index contributed by atoms with van der Waals surface area (Å²) in [5.41, 5.74) is 2.22. The molecule has 214 valence electrons. The third-order valence-corrected chi connectivity index (χ3v) is 7.42. The molecule has 2 aromatic carbocycles. The van der Waals surface area contributed by atoms with Gasteiger partial charge in [0.05, 0.1) is 17.3 Å². The second-order valence-electron chi connectivity index (χ2n) is 8.86. The molecule has 1 aliphatic rings. The van der Waals surface area contributed by atoms with Crippen LogP contribution in [-0.4, -0.2) is 63.1 Å². The highest BCUT2D eigenvalue weighted by Gasteiger charge is 2.16. The molecule has 10 heteroatoms. The molecule has 2 aromatic heterocycles. The Morgan fingerprint density at radius 1 is 0.950 bits per heavy atom. The van der Waals surface area contributed by atoms with Crippen LogP contribution in [0.4, 0.5) is 21.7 Å². The van der Waals surface area contributed by atoms with Crippen LogP contribution < -0.4 is 15.8 Å². The number of likely N-dealkylation sites (N-methyl/N-ethyl adjacent to an activating group) is 1. The van der Waals surface area contributed by atoms with Gasteiger partial charge < -0.3 is 15.1 Å². The van der Waals surface area contributed by atoms with Crippen molar-refractivity contribution in [2.24, 2.45) is 0 Å². The van der Waals surface area contributed by atoms with Gasteiger partial charge in [0, 0.05) is 71.9 Å². The Labute approximate surface area is 238 Å². The van der Waals surface area contributed by atoms with Gasteiger partial charge in [-0.05, 0) is 49.5 Å². The van der Waals surface area contributed by atoms with Gasteiger partial charge in [-0.25, -0.2) is 9.37 Å². The molecule has 5 rings (SSSR count). The monoisotopic (exact) mass is 566 g/mol. The molecule has 0 aliphatic carbocycles. The molecule has 3 heterocycles. The lowest BCUT2D eigenvalue weighted by Gasteiger charge is -2.34. The molecular formula is C30H39FN6O2S. The number of halogens is 1. The largest absolute Gasteiger partial charge is 0.369 e. The predicted molar refractivity (Wildman–Crippen MR) is 164 cm³/mol. The Hall–Kier alpha value is -3.63. The summed E-state index contributed by atoms with van der Waals surface area (Å²) < 4.78 is 28.2. The first kappa shape index (κ1) is 30.9. The van der Waals surface area contributed by atoms with Gasteiger partial charge in [0.2, 0.25) is 5.95 Å². The quantitative estimate of drug-likeness (QED) is 0.341. The standard InChI is InChI=1S/C26H27FN6O2S.2C2H6/c1-31-12-14-32(15-13-31)20-9-7-19(8-10-20)29-26-28-16-18-6-11-24(34)33(25(18)30-26)17-21-22(27)4-3-5-23(21)36(2)35;2*1-2/h3-11,16H,12-15,17H2,1-2H3,(H,28,29,30);2*1-2H3. The van der Waals surface area contributed by atoms with E-state index in [1.54, 1.807) is 18.3 Å². The maximum Gasteiger partial charge on any atom is 0.252 e. The van der Waals surface area contributed by atoms with E-state index in [0.717, 1.165) is 37.6 Å². The maximum atomic E-state index is 14.7. The molecule has 0 saturated carbocycles. The van der Waals surface area contributed by atoms with Crippen LogP contribution in [0, 0.1) is 5.82 Å². The topological polar surface area (TPSA) is 83.4 Å². The third-order valence-electron chi connectivity index (χ3n) is 6.42. The number of anilines is 3. The van der Waals surface area contributed by atoms with E-state index in [2.05, 4.69) is 44.3 Å². The van der Waals surface area contributed by atoms with Crippen LogP contribution in [0.15, 0.2) is 70.5 Å².